The van der Waals surface area contributed by atoms with Crippen LogP contribution in [0.25, 0.3) is 10.8 Å². The fraction of sp³-hybridized carbons (Fsp3) is 0. The van der Waals surface area contributed by atoms with Crippen molar-refractivity contribution in [2.75, 3.05) is 0 Å². The predicted molar refractivity (Wildman–Crippen MR) is 49.7 cm³/mol. The first-order valence-corrected chi connectivity index (χ1v) is 4.29. The van der Waals surface area contributed by atoms with Crippen molar-refractivity contribution in [1.29, 1.82) is 0 Å². The second kappa shape index (κ2) is 2.54. The summed E-state index contributed by atoms with van der Waals surface area (Å²) in [6.07, 6.45) is 0. The van der Waals surface area contributed by atoms with E-state index in [1.807, 2.05) is 0 Å². The SMILES string of the molecule is O=C1OC(=O)c2c1c1ccc2c(=O)oc1=O. The van der Waals surface area contributed by atoms with Crippen molar-refractivity contribution in [2.45, 2.75) is 0 Å². The lowest BCUT2D eigenvalue weighted by Gasteiger charge is -1.90. The van der Waals surface area contributed by atoms with Crippen LogP contribution in [0.5, 0.6) is 0 Å². The van der Waals surface area contributed by atoms with E-state index in [1.54, 1.807) is 0 Å². The molecule has 3 aromatic rings. The van der Waals surface area contributed by atoms with Gasteiger partial charge in [0.2, 0.25) is 0 Å². The highest BCUT2D eigenvalue weighted by atomic mass is 16.6. The second-order valence-electron chi connectivity index (χ2n) is 3.26. The Hall–Kier alpha value is -2.50. The Bertz CT molecular complexity index is 692. The number of esters is 2. The van der Waals surface area contributed by atoms with Crippen LogP contribution in [0, 0.1) is 0 Å². The van der Waals surface area contributed by atoms with E-state index in [9.17, 15) is 19.2 Å². The highest BCUT2D eigenvalue weighted by molar-refractivity contribution is 6.22. The molecule has 1 aromatic carbocycles. The highest BCUT2D eigenvalue weighted by Gasteiger charge is 2.35. The molecule has 1 aliphatic rings. The number of benzene rings is 1. The van der Waals surface area contributed by atoms with Gasteiger partial charge in [0, 0.05) is 0 Å². The summed E-state index contributed by atoms with van der Waals surface area (Å²) in [5.41, 5.74) is -2.27. The van der Waals surface area contributed by atoms with Gasteiger partial charge in [-0.15, -0.1) is 0 Å². The molecule has 78 valence electrons. The van der Waals surface area contributed by atoms with Crippen molar-refractivity contribution >= 4 is 22.7 Å². The number of ether oxygens (including phenoxy) is 1. The lowest BCUT2D eigenvalue weighted by Crippen LogP contribution is -2.06. The number of carbonyl (C=O) groups excluding carboxylic acids is 2. The molecule has 4 rings (SSSR count). The van der Waals surface area contributed by atoms with Gasteiger partial charge in [0.05, 0.1) is 21.9 Å². The summed E-state index contributed by atoms with van der Waals surface area (Å²) >= 11 is 0. The van der Waals surface area contributed by atoms with Crippen molar-refractivity contribution in [3.8, 4) is 0 Å². The number of rotatable bonds is 0. The summed E-state index contributed by atoms with van der Waals surface area (Å²) < 4.78 is 8.76. The van der Waals surface area contributed by atoms with Gasteiger partial charge in [-0.2, -0.15) is 0 Å². The third kappa shape index (κ3) is 0.855. The molecule has 0 saturated carbocycles. The van der Waals surface area contributed by atoms with E-state index in [0.29, 0.717) is 0 Å². The zero-order valence-electron chi connectivity index (χ0n) is 7.60. The molecule has 2 aromatic heterocycles. The van der Waals surface area contributed by atoms with E-state index in [2.05, 4.69) is 9.15 Å². The summed E-state index contributed by atoms with van der Waals surface area (Å²) in [7, 11) is 0. The summed E-state index contributed by atoms with van der Waals surface area (Å²) in [5, 5.41) is -0.249. The Kier molecular flexibility index (Phi) is 1.40. The van der Waals surface area contributed by atoms with Crippen LogP contribution in [-0.4, -0.2) is 11.9 Å². The third-order valence-corrected chi connectivity index (χ3v) is 2.42. The minimum Gasteiger partial charge on any atom is -0.386 e. The summed E-state index contributed by atoms with van der Waals surface area (Å²) in [6.45, 7) is 0. The topological polar surface area (TPSA) is 90.7 Å². The van der Waals surface area contributed by atoms with Gasteiger partial charge in [0.1, 0.15) is 0 Å². The van der Waals surface area contributed by atoms with E-state index >= 15 is 0 Å². The molecule has 16 heavy (non-hydrogen) atoms. The van der Waals surface area contributed by atoms with Crippen LogP contribution in [0.15, 0.2) is 26.1 Å². The number of hydrogen-bond acceptors (Lipinski definition) is 6. The van der Waals surface area contributed by atoms with Crippen LogP contribution in [0.3, 0.4) is 0 Å². The zero-order valence-corrected chi connectivity index (χ0v) is 7.60. The maximum atomic E-state index is 11.4. The first-order chi connectivity index (χ1) is 7.59. The molecule has 0 atom stereocenters. The summed E-state index contributed by atoms with van der Waals surface area (Å²) in [4.78, 5) is 45.4. The molecule has 1 aliphatic heterocycles. The first kappa shape index (κ1) is 8.78. The van der Waals surface area contributed by atoms with Gasteiger partial charge in [-0.3, -0.25) is 0 Å². The summed E-state index contributed by atoms with van der Waals surface area (Å²) in [5.74, 6) is -1.85. The molecule has 0 radical (unpaired) electrons. The number of hydrogen-bond donors (Lipinski definition) is 0. The fourth-order valence-corrected chi connectivity index (χ4v) is 1.75. The standard InChI is InChI=1S/C10H2O6/c11-7-3-1-2-4(8(12)15-7)6-5(3)9(13)16-10(6)14/h1-2H. The number of carbonyl (C=O) groups is 2. The normalized spacial score (nSPS) is 14.2. The minimum absolute atomic E-state index is 0.125. The van der Waals surface area contributed by atoms with Gasteiger partial charge in [-0.25, -0.2) is 19.2 Å². The van der Waals surface area contributed by atoms with Gasteiger partial charge in [-0.1, -0.05) is 0 Å². The molecule has 0 N–H and O–H groups in total. The molecule has 6 nitrogen and oxygen atoms in total. The molecule has 2 bridgehead atoms. The molecule has 0 aliphatic carbocycles. The fourth-order valence-electron chi connectivity index (χ4n) is 1.75. The van der Waals surface area contributed by atoms with Gasteiger partial charge in [0.15, 0.2) is 0 Å². The van der Waals surface area contributed by atoms with Gasteiger partial charge in [-0.05, 0) is 12.1 Å². The molecule has 6 heteroatoms. The quantitative estimate of drug-likeness (QED) is 0.453. The molecular formula is C10H2O6. The van der Waals surface area contributed by atoms with Gasteiger partial charge < -0.3 is 9.15 Å². The van der Waals surface area contributed by atoms with Crippen LogP contribution in [0.1, 0.15) is 20.7 Å². The first-order valence-electron chi connectivity index (χ1n) is 4.29. The third-order valence-electron chi connectivity index (χ3n) is 2.42. The van der Waals surface area contributed by atoms with E-state index in [4.69, 9.17) is 0 Å². The zero-order chi connectivity index (χ0) is 11.4. The molecule has 0 saturated heterocycles. The van der Waals surface area contributed by atoms with E-state index < -0.39 is 23.2 Å². The lowest BCUT2D eigenvalue weighted by atomic mass is 10.0. The molecule has 0 fully saturated rings. The Morgan fingerprint density at radius 3 is 1.62 bits per heavy atom. The van der Waals surface area contributed by atoms with Crippen LogP contribution < -0.4 is 11.3 Å². The Morgan fingerprint density at radius 1 is 0.750 bits per heavy atom. The molecular weight excluding hydrogens is 216 g/mol. The molecule has 3 heterocycles. The van der Waals surface area contributed by atoms with Crippen LogP contribution in [-0.2, 0) is 4.74 Å². The van der Waals surface area contributed by atoms with Crippen LogP contribution >= 0.6 is 0 Å². The van der Waals surface area contributed by atoms with E-state index in [1.165, 1.54) is 12.1 Å². The van der Waals surface area contributed by atoms with Crippen molar-refractivity contribution in [3.05, 3.63) is 44.1 Å². The molecule has 0 spiro atoms. The van der Waals surface area contributed by atoms with Crippen molar-refractivity contribution < 1.29 is 18.7 Å². The van der Waals surface area contributed by atoms with Crippen molar-refractivity contribution in [1.82, 2.24) is 0 Å². The molecule has 0 unspecified atom stereocenters. The highest BCUT2D eigenvalue weighted by Crippen LogP contribution is 2.26. The monoisotopic (exact) mass is 218 g/mol. The Labute approximate surface area is 86.4 Å². The van der Waals surface area contributed by atoms with Crippen molar-refractivity contribution in [2.24, 2.45) is 0 Å². The Balaban J connectivity index is 2.76. The van der Waals surface area contributed by atoms with Crippen LogP contribution in [0.4, 0.5) is 0 Å². The smallest absolute Gasteiger partial charge is 0.347 e. The predicted octanol–water partition coefficient (Wildman–Crippen LogP) is -0.0984. The maximum absolute atomic E-state index is 11.4. The summed E-state index contributed by atoms with van der Waals surface area (Å²) in [6, 6.07) is 2.53. The average molecular weight is 218 g/mol. The second-order valence-corrected chi connectivity index (χ2v) is 3.26. The van der Waals surface area contributed by atoms with Gasteiger partial charge in [0.25, 0.3) is 0 Å². The minimum atomic E-state index is -0.951. The Morgan fingerprint density at radius 2 is 1.19 bits per heavy atom. The van der Waals surface area contributed by atoms with Crippen molar-refractivity contribution in [3.63, 3.8) is 0 Å². The maximum Gasteiger partial charge on any atom is 0.347 e. The lowest BCUT2D eigenvalue weighted by molar-refractivity contribution is 0.0445. The van der Waals surface area contributed by atoms with Gasteiger partial charge >= 0.3 is 23.2 Å². The van der Waals surface area contributed by atoms with E-state index in [-0.39, 0.29) is 21.9 Å². The van der Waals surface area contributed by atoms with Crippen LogP contribution in [0.2, 0.25) is 0 Å². The molecule has 0 amide bonds. The number of cyclic esters (lactones) is 2. The average Bonchev–Trinajstić information content (AvgIpc) is 2.39. The number of fused-ring (bicyclic) bond motifs is 3. The van der Waals surface area contributed by atoms with E-state index in [0.717, 1.165) is 0 Å². The largest absolute Gasteiger partial charge is 0.386 e.